The first-order valence-corrected chi connectivity index (χ1v) is 8.16. The molecule has 7 heteroatoms. The zero-order valence-electron chi connectivity index (χ0n) is 12.8. The molecule has 0 aromatic heterocycles. The van der Waals surface area contributed by atoms with E-state index in [1.54, 1.807) is 12.1 Å². The summed E-state index contributed by atoms with van der Waals surface area (Å²) in [6.07, 6.45) is 4.77. The lowest BCUT2D eigenvalue weighted by Crippen LogP contribution is -2.35. The Balaban J connectivity index is 0.00000192. The standard InChI is InChI=1S/C16H21ClN2O3.ClH/c17-11-8-14-15(22-6-5-21-14)9-13(11)19-16(20)7-10-3-1-2-4-12(10)18;/h8-10,12H,1-7,18H2,(H,19,20);1H. The number of hydrogen-bond donors (Lipinski definition) is 2. The maximum absolute atomic E-state index is 12.2. The van der Waals surface area contributed by atoms with Crippen LogP contribution in [0.1, 0.15) is 32.1 Å². The van der Waals surface area contributed by atoms with Crippen LogP contribution in [0.25, 0.3) is 0 Å². The van der Waals surface area contributed by atoms with Crippen molar-refractivity contribution in [3.63, 3.8) is 0 Å². The van der Waals surface area contributed by atoms with Crippen LogP contribution < -0.4 is 20.5 Å². The van der Waals surface area contributed by atoms with E-state index in [2.05, 4.69) is 5.32 Å². The van der Waals surface area contributed by atoms with Crippen LogP contribution in [0, 0.1) is 5.92 Å². The summed E-state index contributed by atoms with van der Waals surface area (Å²) in [7, 11) is 0. The number of carbonyl (C=O) groups excluding carboxylic acids is 1. The fraction of sp³-hybridized carbons (Fsp3) is 0.562. The molecule has 1 saturated carbocycles. The van der Waals surface area contributed by atoms with Crippen molar-refractivity contribution in [3.8, 4) is 11.5 Å². The molecular weight excluding hydrogens is 339 g/mol. The second-order valence-corrected chi connectivity index (χ2v) is 6.34. The van der Waals surface area contributed by atoms with Gasteiger partial charge in [-0.05, 0) is 18.8 Å². The van der Waals surface area contributed by atoms with E-state index in [0.717, 1.165) is 25.7 Å². The van der Waals surface area contributed by atoms with Crippen LogP contribution >= 0.6 is 24.0 Å². The van der Waals surface area contributed by atoms with Crippen LogP contribution in [0.15, 0.2) is 12.1 Å². The third kappa shape index (κ3) is 4.43. The lowest BCUT2D eigenvalue weighted by Gasteiger charge is -2.28. The van der Waals surface area contributed by atoms with Gasteiger partial charge in [0.1, 0.15) is 13.2 Å². The van der Waals surface area contributed by atoms with Gasteiger partial charge in [-0.3, -0.25) is 4.79 Å². The molecule has 3 rings (SSSR count). The maximum Gasteiger partial charge on any atom is 0.224 e. The minimum absolute atomic E-state index is 0. The number of carbonyl (C=O) groups is 1. The topological polar surface area (TPSA) is 73.6 Å². The molecular formula is C16H22Cl2N2O3. The van der Waals surface area contributed by atoms with E-state index in [1.807, 2.05) is 0 Å². The van der Waals surface area contributed by atoms with Gasteiger partial charge in [-0.15, -0.1) is 12.4 Å². The minimum atomic E-state index is -0.0547. The molecule has 2 unspecified atom stereocenters. The van der Waals surface area contributed by atoms with E-state index in [4.69, 9.17) is 26.8 Å². The largest absolute Gasteiger partial charge is 0.486 e. The van der Waals surface area contributed by atoms with Gasteiger partial charge in [0, 0.05) is 24.6 Å². The third-order valence-corrected chi connectivity index (χ3v) is 4.63. The average molecular weight is 361 g/mol. The number of nitrogens with two attached hydrogens (primary N) is 1. The smallest absolute Gasteiger partial charge is 0.224 e. The lowest BCUT2D eigenvalue weighted by molar-refractivity contribution is -0.117. The van der Waals surface area contributed by atoms with Crippen molar-refractivity contribution in [2.45, 2.75) is 38.1 Å². The van der Waals surface area contributed by atoms with Crippen LogP contribution in [-0.2, 0) is 4.79 Å². The number of fused-ring (bicyclic) bond motifs is 1. The predicted octanol–water partition coefficient (Wildman–Crippen LogP) is 3.38. The molecule has 1 aliphatic carbocycles. The summed E-state index contributed by atoms with van der Waals surface area (Å²) in [6.45, 7) is 1.01. The Kier molecular flexibility index (Phi) is 6.39. The van der Waals surface area contributed by atoms with Crippen LogP contribution in [0.3, 0.4) is 0 Å². The van der Waals surface area contributed by atoms with Gasteiger partial charge in [0.25, 0.3) is 0 Å². The van der Waals surface area contributed by atoms with Crippen molar-refractivity contribution in [2.24, 2.45) is 11.7 Å². The molecule has 2 aliphatic rings. The van der Waals surface area contributed by atoms with E-state index in [9.17, 15) is 4.79 Å². The Labute approximate surface area is 147 Å². The van der Waals surface area contributed by atoms with E-state index in [0.29, 0.717) is 41.8 Å². The quantitative estimate of drug-likeness (QED) is 0.866. The van der Waals surface area contributed by atoms with Gasteiger partial charge in [-0.25, -0.2) is 0 Å². The number of amides is 1. The van der Waals surface area contributed by atoms with Gasteiger partial charge in [0.05, 0.1) is 10.7 Å². The Morgan fingerprint density at radius 2 is 1.87 bits per heavy atom. The molecule has 0 bridgehead atoms. The first-order valence-electron chi connectivity index (χ1n) is 7.78. The predicted molar refractivity (Wildman–Crippen MR) is 92.9 cm³/mol. The molecule has 1 aliphatic heterocycles. The van der Waals surface area contributed by atoms with E-state index < -0.39 is 0 Å². The Bertz CT molecular complexity index is 569. The van der Waals surface area contributed by atoms with Crippen molar-refractivity contribution in [1.82, 2.24) is 0 Å². The fourth-order valence-corrected chi connectivity index (χ4v) is 3.29. The van der Waals surface area contributed by atoms with E-state index >= 15 is 0 Å². The highest BCUT2D eigenvalue weighted by Crippen LogP contribution is 2.38. The number of ether oxygens (including phenoxy) is 2. The molecule has 0 saturated heterocycles. The SMILES string of the molecule is Cl.NC1CCCCC1CC(=O)Nc1cc2c(cc1Cl)OCCO2. The second-order valence-electron chi connectivity index (χ2n) is 5.94. The van der Waals surface area contributed by atoms with Gasteiger partial charge >= 0.3 is 0 Å². The zero-order chi connectivity index (χ0) is 15.5. The lowest BCUT2D eigenvalue weighted by atomic mass is 9.83. The molecule has 23 heavy (non-hydrogen) atoms. The minimum Gasteiger partial charge on any atom is -0.486 e. The summed E-state index contributed by atoms with van der Waals surface area (Å²) >= 11 is 6.20. The van der Waals surface area contributed by atoms with Crippen molar-refractivity contribution >= 4 is 35.6 Å². The van der Waals surface area contributed by atoms with Gasteiger partial charge < -0.3 is 20.5 Å². The first-order chi connectivity index (χ1) is 10.6. The Morgan fingerprint density at radius 3 is 2.57 bits per heavy atom. The molecule has 0 radical (unpaired) electrons. The van der Waals surface area contributed by atoms with Crippen LogP contribution in [0.5, 0.6) is 11.5 Å². The maximum atomic E-state index is 12.2. The van der Waals surface area contributed by atoms with Crippen molar-refractivity contribution < 1.29 is 14.3 Å². The van der Waals surface area contributed by atoms with Crippen molar-refractivity contribution in [3.05, 3.63) is 17.2 Å². The van der Waals surface area contributed by atoms with Gasteiger partial charge in [-0.1, -0.05) is 24.4 Å². The molecule has 2 atom stereocenters. The number of benzene rings is 1. The second kappa shape index (κ2) is 8.08. The summed E-state index contributed by atoms with van der Waals surface area (Å²) in [4.78, 5) is 12.2. The summed E-state index contributed by atoms with van der Waals surface area (Å²) < 4.78 is 11.0. The molecule has 3 N–H and O–H groups in total. The number of nitrogens with one attached hydrogen (secondary N) is 1. The summed E-state index contributed by atoms with van der Waals surface area (Å²) in [6, 6.07) is 3.52. The third-order valence-electron chi connectivity index (χ3n) is 4.32. The van der Waals surface area contributed by atoms with Gasteiger partial charge in [-0.2, -0.15) is 0 Å². The Morgan fingerprint density at radius 1 is 1.22 bits per heavy atom. The molecule has 1 aromatic rings. The zero-order valence-corrected chi connectivity index (χ0v) is 14.4. The number of rotatable bonds is 3. The molecule has 1 fully saturated rings. The number of anilines is 1. The van der Waals surface area contributed by atoms with Crippen LogP contribution in [-0.4, -0.2) is 25.2 Å². The summed E-state index contributed by atoms with van der Waals surface area (Å²) in [5, 5.41) is 3.32. The molecule has 5 nitrogen and oxygen atoms in total. The highest BCUT2D eigenvalue weighted by atomic mass is 35.5. The molecule has 1 amide bonds. The molecule has 128 valence electrons. The summed E-state index contributed by atoms with van der Waals surface area (Å²) in [5.41, 5.74) is 6.65. The van der Waals surface area contributed by atoms with E-state index in [1.165, 1.54) is 0 Å². The average Bonchev–Trinajstić information content (AvgIpc) is 2.50. The molecule has 1 aromatic carbocycles. The monoisotopic (exact) mass is 360 g/mol. The number of hydrogen-bond acceptors (Lipinski definition) is 4. The van der Waals surface area contributed by atoms with Crippen LogP contribution in [0.2, 0.25) is 5.02 Å². The van der Waals surface area contributed by atoms with Crippen molar-refractivity contribution in [2.75, 3.05) is 18.5 Å². The van der Waals surface area contributed by atoms with Crippen LogP contribution in [0.4, 0.5) is 5.69 Å². The first kappa shape index (κ1) is 18.2. The van der Waals surface area contributed by atoms with Gasteiger partial charge in [0.15, 0.2) is 11.5 Å². The highest BCUT2D eigenvalue weighted by molar-refractivity contribution is 6.34. The highest BCUT2D eigenvalue weighted by Gasteiger charge is 2.25. The van der Waals surface area contributed by atoms with E-state index in [-0.39, 0.29) is 30.3 Å². The number of halogens is 2. The molecule has 1 heterocycles. The Hall–Kier alpha value is -1.17. The fourth-order valence-electron chi connectivity index (χ4n) is 3.09. The van der Waals surface area contributed by atoms with Crippen molar-refractivity contribution in [1.29, 1.82) is 0 Å². The molecule has 0 spiro atoms. The normalized spacial score (nSPS) is 22.9. The summed E-state index contributed by atoms with van der Waals surface area (Å²) in [5.74, 6) is 1.43. The van der Waals surface area contributed by atoms with Gasteiger partial charge in [0.2, 0.25) is 5.91 Å².